The number of hydrogen-bond acceptors (Lipinski definition) is 4. The lowest BCUT2D eigenvalue weighted by Gasteiger charge is -2.23. The summed E-state index contributed by atoms with van der Waals surface area (Å²) in [5.74, 6) is 0.520. The molecule has 1 aliphatic heterocycles. The van der Waals surface area contributed by atoms with Crippen molar-refractivity contribution in [3.8, 4) is 0 Å². The van der Waals surface area contributed by atoms with Crippen molar-refractivity contribution in [2.75, 3.05) is 18.0 Å². The molecule has 0 atom stereocenters. The largest absolute Gasteiger partial charge is 0.364 e. The Morgan fingerprint density at radius 3 is 3.00 bits per heavy atom. The molecule has 106 valence electrons. The lowest BCUT2D eigenvalue weighted by Crippen LogP contribution is -2.28. The summed E-state index contributed by atoms with van der Waals surface area (Å²) in [7, 11) is 0. The topological polar surface area (TPSA) is 28.2 Å². The van der Waals surface area contributed by atoms with Gasteiger partial charge in [0, 0.05) is 36.6 Å². The second kappa shape index (κ2) is 5.94. The van der Waals surface area contributed by atoms with Gasteiger partial charge in [-0.1, -0.05) is 32.0 Å². The SMILES string of the molecule is CC(C)c1nc(CN2CCNCc3ccccc32)cs1. The minimum atomic E-state index is 0.520. The highest BCUT2D eigenvalue weighted by Crippen LogP contribution is 2.25. The van der Waals surface area contributed by atoms with Crippen molar-refractivity contribution in [2.45, 2.75) is 32.9 Å². The van der Waals surface area contributed by atoms with E-state index in [4.69, 9.17) is 4.98 Å². The summed E-state index contributed by atoms with van der Waals surface area (Å²) in [5, 5.41) is 6.93. The van der Waals surface area contributed by atoms with E-state index in [1.165, 1.54) is 22.0 Å². The molecule has 0 unspecified atom stereocenters. The fraction of sp³-hybridized carbons (Fsp3) is 0.438. The van der Waals surface area contributed by atoms with Gasteiger partial charge in [-0.2, -0.15) is 0 Å². The van der Waals surface area contributed by atoms with Crippen molar-refractivity contribution in [1.29, 1.82) is 0 Å². The number of aromatic nitrogens is 1. The molecule has 0 saturated heterocycles. The van der Waals surface area contributed by atoms with Crippen LogP contribution in [0.3, 0.4) is 0 Å². The number of hydrogen-bond donors (Lipinski definition) is 1. The molecule has 0 aliphatic carbocycles. The van der Waals surface area contributed by atoms with Crippen LogP contribution < -0.4 is 10.2 Å². The molecule has 2 heterocycles. The quantitative estimate of drug-likeness (QED) is 0.938. The lowest BCUT2D eigenvalue weighted by molar-refractivity contribution is 0.684. The molecule has 0 spiro atoms. The van der Waals surface area contributed by atoms with Crippen molar-refractivity contribution in [3.63, 3.8) is 0 Å². The molecule has 1 aromatic carbocycles. The number of nitrogens with zero attached hydrogens (tertiary/aromatic N) is 2. The average molecular weight is 287 g/mol. The summed E-state index contributed by atoms with van der Waals surface area (Å²) in [4.78, 5) is 7.20. The normalized spacial score (nSPS) is 15.2. The van der Waals surface area contributed by atoms with E-state index in [0.29, 0.717) is 5.92 Å². The van der Waals surface area contributed by atoms with Gasteiger partial charge in [0.25, 0.3) is 0 Å². The Bertz CT molecular complexity index is 577. The van der Waals surface area contributed by atoms with Crippen LogP contribution in [0.1, 0.15) is 36.0 Å². The highest BCUT2D eigenvalue weighted by atomic mass is 32.1. The Kier molecular flexibility index (Phi) is 4.03. The molecule has 2 aromatic rings. The van der Waals surface area contributed by atoms with E-state index in [2.05, 4.69) is 53.7 Å². The molecule has 20 heavy (non-hydrogen) atoms. The maximum atomic E-state index is 4.76. The molecule has 3 nitrogen and oxygen atoms in total. The van der Waals surface area contributed by atoms with Crippen LogP contribution in [0.15, 0.2) is 29.6 Å². The minimum absolute atomic E-state index is 0.520. The van der Waals surface area contributed by atoms with Crippen molar-refractivity contribution in [3.05, 3.63) is 45.9 Å². The van der Waals surface area contributed by atoms with E-state index in [9.17, 15) is 0 Å². The maximum absolute atomic E-state index is 4.76. The maximum Gasteiger partial charge on any atom is 0.0954 e. The number of nitrogens with one attached hydrogen (secondary N) is 1. The van der Waals surface area contributed by atoms with Crippen molar-refractivity contribution >= 4 is 17.0 Å². The zero-order chi connectivity index (χ0) is 13.9. The van der Waals surface area contributed by atoms with E-state index in [0.717, 1.165) is 26.2 Å². The number of anilines is 1. The molecule has 0 radical (unpaired) electrons. The standard InChI is InChI=1S/C16H21N3S/c1-12(2)16-18-14(11-20-16)10-19-8-7-17-9-13-5-3-4-6-15(13)19/h3-6,11-12,17H,7-10H2,1-2H3. The minimum Gasteiger partial charge on any atom is -0.364 e. The van der Waals surface area contributed by atoms with Gasteiger partial charge in [-0.25, -0.2) is 4.98 Å². The first-order chi connectivity index (χ1) is 9.74. The van der Waals surface area contributed by atoms with Gasteiger partial charge in [-0.05, 0) is 11.6 Å². The Labute approximate surface area is 124 Å². The monoisotopic (exact) mass is 287 g/mol. The van der Waals surface area contributed by atoms with E-state index >= 15 is 0 Å². The van der Waals surface area contributed by atoms with Gasteiger partial charge < -0.3 is 10.2 Å². The van der Waals surface area contributed by atoms with Crippen molar-refractivity contribution in [1.82, 2.24) is 10.3 Å². The van der Waals surface area contributed by atoms with Crippen LogP contribution in [0.5, 0.6) is 0 Å². The molecule has 1 aromatic heterocycles. The Balaban J connectivity index is 1.82. The van der Waals surface area contributed by atoms with Crippen LogP contribution in [-0.4, -0.2) is 18.1 Å². The summed E-state index contributed by atoms with van der Waals surface area (Å²) in [6, 6.07) is 8.67. The van der Waals surface area contributed by atoms with E-state index < -0.39 is 0 Å². The first-order valence-electron chi connectivity index (χ1n) is 7.22. The first kappa shape index (κ1) is 13.6. The second-order valence-electron chi connectivity index (χ2n) is 5.56. The Hall–Kier alpha value is -1.39. The van der Waals surface area contributed by atoms with Crippen LogP contribution in [0.4, 0.5) is 5.69 Å². The Morgan fingerprint density at radius 2 is 2.20 bits per heavy atom. The fourth-order valence-electron chi connectivity index (χ4n) is 2.55. The summed E-state index contributed by atoms with van der Waals surface area (Å²) in [6.07, 6.45) is 0. The molecule has 1 aliphatic rings. The van der Waals surface area contributed by atoms with Crippen molar-refractivity contribution in [2.24, 2.45) is 0 Å². The third-order valence-corrected chi connectivity index (χ3v) is 4.82. The summed E-state index contributed by atoms with van der Waals surface area (Å²) in [5.41, 5.74) is 3.91. The molecular weight excluding hydrogens is 266 g/mol. The van der Waals surface area contributed by atoms with Gasteiger partial charge in [0.05, 0.1) is 17.2 Å². The highest BCUT2D eigenvalue weighted by molar-refractivity contribution is 7.09. The van der Waals surface area contributed by atoms with E-state index in [1.54, 1.807) is 11.3 Å². The molecule has 4 heteroatoms. The van der Waals surface area contributed by atoms with Gasteiger partial charge in [0.2, 0.25) is 0 Å². The van der Waals surface area contributed by atoms with Gasteiger partial charge in [0.1, 0.15) is 0 Å². The highest BCUT2D eigenvalue weighted by Gasteiger charge is 2.16. The molecule has 0 fully saturated rings. The predicted octanol–water partition coefficient (Wildman–Crippen LogP) is 3.38. The summed E-state index contributed by atoms with van der Waals surface area (Å²) in [6.45, 7) is 8.33. The molecule has 0 saturated carbocycles. The Morgan fingerprint density at radius 1 is 1.35 bits per heavy atom. The third-order valence-electron chi connectivity index (χ3n) is 3.62. The summed E-state index contributed by atoms with van der Waals surface area (Å²) < 4.78 is 0. The van der Waals surface area contributed by atoms with Gasteiger partial charge in [-0.15, -0.1) is 11.3 Å². The van der Waals surface area contributed by atoms with Crippen LogP contribution in [-0.2, 0) is 13.1 Å². The number of para-hydroxylation sites is 1. The fourth-order valence-corrected chi connectivity index (χ4v) is 3.37. The van der Waals surface area contributed by atoms with Gasteiger partial charge in [-0.3, -0.25) is 0 Å². The number of fused-ring (bicyclic) bond motifs is 1. The van der Waals surface area contributed by atoms with Crippen LogP contribution in [0, 0.1) is 0 Å². The van der Waals surface area contributed by atoms with Crippen molar-refractivity contribution < 1.29 is 0 Å². The van der Waals surface area contributed by atoms with E-state index in [-0.39, 0.29) is 0 Å². The zero-order valence-corrected chi connectivity index (χ0v) is 12.9. The molecule has 1 N–H and O–H groups in total. The second-order valence-corrected chi connectivity index (χ2v) is 6.45. The predicted molar refractivity (Wildman–Crippen MR) is 85.4 cm³/mol. The molecule has 0 bridgehead atoms. The zero-order valence-electron chi connectivity index (χ0n) is 12.1. The van der Waals surface area contributed by atoms with E-state index in [1.807, 2.05) is 0 Å². The van der Waals surface area contributed by atoms with Crippen LogP contribution >= 0.6 is 11.3 Å². The van der Waals surface area contributed by atoms with Gasteiger partial charge in [0.15, 0.2) is 0 Å². The number of benzene rings is 1. The number of rotatable bonds is 3. The molecule has 0 amide bonds. The smallest absolute Gasteiger partial charge is 0.0954 e. The number of thiazole rings is 1. The van der Waals surface area contributed by atoms with Crippen LogP contribution in [0.25, 0.3) is 0 Å². The molecule has 3 rings (SSSR count). The molecular formula is C16H21N3S. The van der Waals surface area contributed by atoms with Gasteiger partial charge >= 0.3 is 0 Å². The average Bonchev–Trinajstić information content (AvgIpc) is 2.82. The summed E-state index contributed by atoms with van der Waals surface area (Å²) >= 11 is 1.78. The van der Waals surface area contributed by atoms with Crippen LogP contribution in [0.2, 0.25) is 0 Å². The first-order valence-corrected chi connectivity index (χ1v) is 8.10. The lowest BCUT2D eigenvalue weighted by atomic mass is 10.1. The third kappa shape index (κ3) is 2.86.